The Labute approximate surface area is 110 Å². The third-order valence-corrected chi connectivity index (χ3v) is 2.98. The Hall–Kier alpha value is -1.32. The van der Waals surface area contributed by atoms with Crippen LogP contribution in [0.2, 0.25) is 10.0 Å². The molecule has 1 aromatic carbocycles. The molecule has 0 aliphatic carbocycles. The maximum atomic E-state index is 6.11. The number of nitrogens with zero attached hydrogens (tertiary/aromatic N) is 2. The van der Waals surface area contributed by atoms with Gasteiger partial charge >= 0.3 is 0 Å². The summed E-state index contributed by atoms with van der Waals surface area (Å²) in [7, 11) is 0. The van der Waals surface area contributed by atoms with Gasteiger partial charge in [0.15, 0.2) is 5.82 Å². The Balaban J connectivity index is 2.64. The summed E-state index contributed by atoms with van der Waals surface area (Å²) in [5.74, 6) is 0.889. The zero-order valence-electron chi connectivity index (χ0n) is 9.24. The van der Waals surface area contributed by atoms with Crippen molar-refractivity contribution >= 4 is 29.0 Å². The highest BCUT2D eigenvalue weighted by atomic mass is 35.5. The zero-order chi connectivity index (χ0) is 12.4. The van der Waals surface area contributed by atoms with Crippen LogP contribution < -0.4 is 5.73 Å². The number of halogens is 2. The van der Waals surface area contributed by atoms with Gasteiger partial charge in [-0.1, -0.05) is 36.2 Å². The molecule has 2 N–H and O–H groups in total. The first-order chi connectivity index (χ1) is 8.11. The van der Waals surface area contributed by atoms with Gasteiger partial charge in [0.05, 0.1) is 15.6 Å². The van der Waals surface area contributed by atoms with Crippen LogP contribution in [-0.4, -0.2) is 9.97 Å². The molecule has 0 fully saturated rings. The van der Waals surface area contributed by atoms with Crippen molar-refractivity contribution in [3.05, 3.63) is 40.0 Å². The lowest BCUT2D eigenvalue weighted by Crippen LogP contribution is -2.00. The summed E-state index contributed by atoms with van der Waals surface area (Å²) in [5.41, 5.74) is 7.22. The van der Waals surface area contributed by atoms with Gasteiger partial charge < -0.3 is 5.73 Å². The second-order valence-corrected chi connectivity index (χ2v) is 4.37. The van der Waals surface area contributed by atoms with Crippen molar-refractivity contribution in [3.8, 4) is 11.4 Å². The molecule has 2 aromatic rings. The third kappa shape index (κ3) is 2.51. The van der Waals surface area contributed by atoms with Gasteiger partial charge in [-0.15, -0.1) is 0 Å². The van der Waals surface area contributed by atoms with Crippen LogP contribution in [0.3, 0.4) is 0 Å². The van der Waals surface area contributed by atoms with E-state index in [4.69, 9.17) is 28.9 Å². The topological polar surface area (TPSA) is 51.8 Å². The number of aryl methyl sites for hydroxylation is 1. The summed E-state index contributed by atoms with van der Waals surface area (Å²) in [6.07, 6.45) is 0.780. The average Bonchev–Trinajstić information content (AvgIpc) is 2.28. The molecule has 0 amide bonds. The number of nitrogens with two attached hydrogens (primary N) is 1. The molecule has 0 bridgehead atoms. The molecule has 17 heavy (non-hydrogen) atoms. The molecule has 0 atom stereocenters. The number of rotatable bonds is 2. The van der Waals surface area contributed by atoms with Crippen LogP contribution in [0.5, 0.6) is 0 Å². The molecule has 3 nitrogen and oxygen atoms in total. The van der Waals surface area contributed by atoms with Gasteiger partial charge in [0.2, 0.25) is 0 Å². The molecule has 0 saturated heterocycles. The summed E-state index contributed by atoms with van der Waals surface area (Å²) < 4.78 is 0. The van der Waals surface area contributed by atoms with Crippen LogP contribution in [0.25, 0.3) is 11.4 Å². The molecular formula is C12H11Cl2N3. The van der Waals surface area contributed by atoms with Gasteiger partial charge in [0.25, 0.3) is 0 Å². The zero-order valence-corrected chi connectivity index (χ0v) is 10.8. The third-order valence-electron chi connectivity index (χ3n) is 2.35. The van der Waals surface area contributed by atoms with Crippen molar-refractivity contribution in [3.63, 3.8) is 0 Å². The van der Waals surface area contributed by atoms with E-state index >= 15 is 0 Å². The average molecular weight is 268 g/mol. The predicted molar refractivity (Wildman–Crippen MR) is 71.3 cm³/mol. The lowest BCUT2D eigenvalue weighted by atomic mass is 10.2. The molecule has 0 unspecified atom stereocenters. The quantitative estimate of drug-likeness (QED) is 0.905. The number of anilines is 1. The Kier molecular flexibility index (Phi) is 3.50. The number of nitrogen functional groups attached to an aromatic ring is 1. The molecule has 0 aliphatic rings. The Morgan fingerprint density at radius 3 is 2.41 bits per heavy atom. The van der Waals surface area contributed by atoms with Crippen LogP contribution in [0.1, 0.15) is 12.6 Å². The Bertz CT molecular complexity index is 535. The van der Waals surface area contributed by atoms with Gasteiger partial charge in [-0.25, -0.2) is 9.97 Å². The normalized spacial score (nSPS) is 10.5. The standard InChI is InChI=1S/C12H11Cl2N3/c1-2-7-6-10(15)17-12(16-7)11-8(13)4-3-5-9(11)14/h3-6H,2H2,1H3,(H2,15,16,17). The molecule has 5 heteroatoms. The van der Waals surface area contributed by atoms with Crippen molar-refractivity contribution in [2.45, 2.75) is 13.3 Å². The van der Waals surface area contributed by atoms with E-state index in [1.54, 1.807) is 24.3 Å². The molecule has 1 heterocycles. The maximum absolute atomic E-state index is 6.11. The molecule has 88 valence electrons. The van der Waals surface area contributed by atoms with E-state index in [0.717, 1.165) is 12.1 Å². The number of aromatic nitrogens is 2. The van der Waals surface area contributed by atoms with E-state index in [1.165, 1.54) is 0 Å². The van der Waals surface area contributed by atoms with Gasteiger partial charge in [0.1, 0.15) is 5.82 Å². The highest BCUT2D eigenvalue weighted by molar-refractivity contribution is 6.38. The molecular weight excluding hydrogens is 257 g/mol. The van der Waals surface area contributed by atoms with Gasteiger partial charge in [-0.2, -0.15) is 0 Å². The highest BCUT2D eigenvalue weighted by Gasteiger charge is 2.12. The second-order valence-electron chi connectivity index (χ2n) is 3.56. The monoisotopic (exact) mass is 267 g/mol. The van der Waals surface area contributed by atoms with E-state index in [-0.39, 0.29) is 0 Å². The van der Waals surface area contributed by atoms with Crippen molar-refractivity contribution in [2.75, 3.05) is 5.73 Å². The van der Waals surface area contributed by atoms with Crippen LogP contribution in [0.15, 0.2) is 24.3 Å². The molecule has 0 saturated carbocycles. The summed E-state index contributed by atoms with van der Waals surface area (Å²) in [6, 6.07) is 7.03. The summed E-state index contributed by atoms with van der Waals surface area (Å²) in [6.45, 7) is 2.00. The van der Waals surface area contributed by atoms with E-state index < -0.39 is 0 Å². The van der Waals surface area contributed by atoms with Crippen LogP contribution in [0.4, 0.5) is 5.82 Å². The van der Waals surface area contributed by atoms with Crippen molar-refractivity contribution < 1.29 is 0 Å². The van der Waals surface area contributed by atoms with Crippen LogP contribution in [-0.2, 0) is 6.42 Å². The van der Waals surface area contributed by atoms with Crippen molar-refractivity contribution in [1.29, 1.82) is 0 Å². The lowest BCUT2D eigenvalue weighted by Gasteiger charge is -2.07. The lowest BCUT2D eigenvalue weighted by molar-refractivity contribution is 1.01. The van der Waals surface area contributed by atoms with E-state index in [2.05, 4.69) is 9.97 Å². The predicted octanol–water partition coefficient (Wildman–Crippen LogP) is 3.60. The Morgan fingerprint density at radius 2 is 1.82 bits per heavy atom. The SMILES string of the molecule is CCc1cc(N)nc(-c2c(Cl)cccc2Cl)n1. The summed E-state index contributed by atoms with van der Waals surface area (Å²) >= 11 is 12.2. The molecule has 0 aliphatic heterocycles. The van der Waals surface area contributed by atoms with Crippen molar-refractivity contribution in [2.24, 2.45) is 0 Å². The minimum Gasteiger partial charge on any atom is -0.384 e. The second kappa shape index (κ2) is 4.90. The number of hydrogen-bond acceptors (Lipinski definition) is 3. The minimum absolute atomic E-state index is 0.419. The molecule has 2 rings (SSSR count). The van der Waals surface area contributed by atoms with E-state index in [0.29, 0.717) is 27.3 Å². The van der Waals surface area contributed by atoms with E-state index in [1.807, 2.05) is 6.92 Å². The summed E-state index contributed by atoms with van der Waals surface area (Å²) in [4.78, 5) is 8.56. The van der Waals surface area contributed by atoms with Crippen LogP contribution >= 0.6 is 23.2 Å². The largest absolute Gasteiger partial charge is 0.384 e. The number of benzene rings is 1. The van der Waals surface area contributed by atoms with E-state index in [9.17, 15) is 0 Å². The molecule has 0 spiro atoms. The van der Waals surface area contributed by atoms with Gasteiger partial charge in [-0.3, -0.25) is 0 Å². The fourth-order valence-electron chi connectivity index (χ4n) is 1.52. The maximum Gasteiger partial charge on any atom is 0.164 e. The van der Waals surface area contributed by atoms with Crippen molar-refractivity contribution in [1.82, 2.24) is 9.97 Å². The highest BCUT2D eigenvalue weighted by Crippen LogP contribution is 2.32. The van der Waals surface area contributed by atoms with Gasteiger partial charge in [0, 0.05) is 11.8 Å². The summed E-state index contributed by atoms with van der Waals surface area (Å²) in [5, 5.41) is 1.04. The fraction of sp³-hybridized carbons (Fsp3) is 0.167. The number of hydrogen-bond donors (Lipinski definition) is 1. The molecule has 1 aromatic heterocycles. The van der Waals surface area contributed by atoms with Crippen LogP contribution in [0, 0.1) is 0 Å². The first kappa shape index (κ1) is 12.1. The Morgan fingerprint density at radius 1 is 1.18 bits per heavy atom. The smallest absolute Gasteiger partial charge is 0.164 e. The fourth-order valence-corrected chi connectivity index (χ4v) is 2.09. The first-order valence-corrected chi connectivity index (χ1v) is 5.95. The van der Waals surface area contributed by atoms with Gasteiger partial charge in [-0.05, 0) is 18.6 Å². The minimum atomic E-state index is 0.419. The molecule has 0 radical (unpaired) electrons. The first-order valence-electron chi connectivity index (χ1n) is 5.19.